The highest BCUT2D eigenvalue weighted by Crippen LogP contribution is 2.16. The van der Waals surface area contributed by atoms with Gasteiger partial charge in [0.1, 0.15) is 0 Å². The van der Waals surface area contributed by atoms with Crippen LogP contribution in [0.5, 0.6) is 0 Å². The van der Waals surface area contributed by atoms with Crippen molar-refractivity contribution in [3.8, 4) is 0 Å². The molecule has 0 saturated carbocycles. The lowest BCUT2D eigenvalue weighted by atomic mass is 10.1. The van der Waals surface area contributed by atoms with Gasteiger partial charge in [-0.3, -0.25) is 9.59 Å². The van der Waals surface area contributed by atoms with Crippen LogP contribution in [0.15, 0.2) is 24.3 Å². The van der Waals surface area contributed by atoms with E-state index in [0.717, 1.165) is 5.56 Å². The van der Waals surface area contributed by atoms with E-state index >= 15 is 0 Å². The number of ketones is 1. The average Bonchev–Trinajstić information content (AvgIpc) is 2.19. The third kappa shape index (κ3) is 3.24. The first-order valence-corrected chi connectivity index (χ1v) is 4.86. The van der Waals surface area contributed by atoms with Gasteiger partial charge in [0, 0.05) is 17.7 Å². The van der Waals surface area contributed by atoms with Gasteiger partial charge in [-0.1, -0.05) is 24.3 Å². The Labute approximate surface area is 93.9 Å². The second-order valence-electron chi connectivity index (χ2n) is 3.47. The molecule has 0 aliphatic rings. The van der Waals surface area contributed by atoms with Gasteiger partial charge in [0.25, 0.3) is 0 Å². The number of hydrogen-bond donors (Lipinski definition) is 2. The van der Waals surface area contributed by atoms with Crippen LogP contribution in [0.2, 0.25) is 0 Å². The highest BCUT2D eigenvalue weighted by Gasteiger charge is 2.01. The summed E-state index contributed by atoms with van der Waals surface area (Å²) < 4.78 is 0. The van der Waals surface area contributed by atoms with E-state index < -0.39 is 5.91 Å². The van der Waals surface area contributed by atoms with E-state index in [4.69, 9.17) is 11.5 Å². The molecule has 0 radical (unpaired) electrons. The van der Waals surface area contributed by atoms with E-state index in [-0.39, 0.29) is 12.2 Å². The zero-order chi connectivity index (χ0) is 12.1. The maximum atomic E-state index is 11.1. The number of primary amides is 1. The van der Waals surface area contributed by atoms with Crippen molar-refractivity contribution in [2.24, 2.45) is 5.73 Å². The van der Waals surface area contributed by atoms with Gasteiger partial charge in [-0.25, -0.2) is 0 Å². The minimum Gasteiger partial charge on any atom is -0.398 e. The Balaban J connectivity index is 2.87. The normalized spacial score (nSPS) is 10.6. The van der Waals surface area contributed by atoms with E-state index in [1.54, 1.807) is 30.4 Å². The molecule has 0 aliphatic carbocycles. The van der Waals surface area contributed by atoms with E-state index in [1.165, 1.54) is 6.92 Å². The fourth-order valence-electron chi connectivity index (χ4n) is 1.25. The van der Waals surface area contributed by atoms with E-state index in [0.29, 0.717) is 11.3 Å². The van der Waals surface area contributed by atoms with Gasteiger partial charge in [-0.05, 0) is 18.6 Å². The maximum Gasteiger partial charge on any atom is 0.221 e. The van der Waals surface area contributed by atoms with Crippen LogP contribution in [-0.2, 0) is 4.79 Å². The second-order valence-corrected chi connectivity index (χ2v) is 3.47. The number of hydrogen-bond acceptors (Lipinski definition) is 3. The van der Waals surface area contributed by atoms with Crippen LogP contribution in [0.25, 0.3) is 6.08 Å². The van der Waals surface area contributed by atoms with Gasteiger partial charge in [0.15, 0.2) is 5.78 Å². The summed E-state index contributed by atoms with van der Waals surface area (Å²) in [6.45, 7) is 1.48. The van der Waals surface area contributed by atoms with Crippen LogP contribution in [0.3, 0.4) is 0 Å². The number of rotatable bonds is 4. The van der Waals surface area contributed by atoms with E-state index in [1.807, 2.05) is 0 Å². The van der Waals surface area contributed by atoms with Crippen LogP contribution in [0.1, 0.15) is 29.3 Å². The SMILES string of the molecule is CC(=O)c1ccc(C=CCC(N)=O)c(N)c1. The van der Waals surface area contributed by atoms with Crippen LogP contribution >= 0.6 is 0 Å². The number of benzene rings is 1. The van der Waals surface area contributed by atoms with Gasteiger partial charge >= 0.3 is 0 Å². The molecular weight excluding hydrogens is 204 g/mol. The third-order valence-electron chi connectivity index (χ3n) is 2.11. The van der Waals surface area contributed by atoms with Crippen molar-refractivity contribution in [2.75, 3.05) is 5.73 Å². The first kappa shape index (κ1) is 12.0. The molecule has 4 nitrogen and oxygen atoms in total. The highest BCUT2D eigenvalue weighted by molar-refractivity contribution is 5.95. The molecule has 1 aromatic rings. The Kier molecular flexibility index (Phi) is 3.83. The summed E-state index contributed by atoms with van der Waals surface area (Å²) in [7, 11) is 0. The molecule has 1 rings (SSSR count). The Bertz CT molecular complexity index is 450. The maximum absolute atomic E-state index is 11.1. The Hall–Kier alpha value is -2.10. The lowest BCUT2D eigenvalue weighted by Gasteiger charge is -2.02. The van der Waals surface area contributed by atoms with E-state index in [2.05, 4.69) is 0 Å². The van der Waals surface area contributed by atoms with Gasteiger partial charge in [0.05, 0.1) is 0 Å². The predicted octanol–water partition coefficient (Wildman–Crippen LogP) is 1.36. The van der Waals surface area contributed by atoms with Crippen molar-refractivity contribution in [2.45, 2.75) is 13.3 Å². The number of nitrogens with two attached hydrogens (primary N) is 2. The average molecular weight is 218 g/mol. The second kappa shape index (κ2) is 5.11. The third-order valence-corrected chi connectivity index (χ3v) is 2.11. The summed E-state index contributed by atoms with van der Waals surface area (Å²) in [5, 5.41) is 0. The molecule has 84 valence electrons. The van der Waals surface area contributed by atoms with Crippen molar-refractivity contribution in [1.82, 2.24) is 0 Å². The first-order valence-electron chi connectivity index (χ1n) is 4.86. The topological polar surface area (TPSA) is 86.2 Å². The van der Waals surface area contributed by atoms with Crippen LogP contribution < -0.4 is 11.5 Å². The number of nitrogen functional groups attached to an aromatic ring is 1. The molecule has 0 fully saturated rings. The smallest absolute Gasteiger partial charge is 0.221 e. The Morgan fingerprint density at radius 1 is 1.38 bits per heavy atom. The zero-order valence-corrected chi connectivity index (χ0v) is 9.07. The fraction of sp³-hybridized carbons (Fsp3) is 0.167. The zero-order valence-electron chi connectivity index (χ0n) is 9.07. The number of amides is 1. The summed E-state index contributed by atoms with van der Waals surface area (Å²) in [5.74, 6) is -0.422. The molecule has 0 aliphatic heterocycles. The summed E-state index contributed by atoms with van der Waals surface area (Å²) in [5.41, 5.74) is 12.6. The summed E-state index contributed by atoms with van der Waals surface area (Å²) in [4.78, 5) is 21.6. The molecular formula is C12H14N2O2. The van der Waals surface area contributed by atoms with Crippen molar-refractivity contribution in [3.63, 3.8) is 0 Å². The lowest BCUT2D eigenvalue weighted by molar-refractivity contribution is -0.117. The Morgan fingerprint density at radius 3 is 2.56 bits per heavy atom. The van der Waals surface area contributed by atoms with Crippen molar-refractivity contribution >= 4 is 23.5 Å². The Morgan fingerprint density at radius 2 is 2.06 bits per heavy atom. The number of Topliss-reactive ketones (excluding diaryl/α,β-unsaturated/α-hetero) is 1. The molecule has 4 heteroatoms. The van der Waals surface area contributed by atoms with Crippen molar-refractivity contribution < 1.29 is 9.59 Å². The standard InChI is InChI=1S/C12H14N2O2/c1-8(15)10-6-5-9(11(13)7-10)3-2-4-12(14)16/h2-3,5-7H,4,13H2,1H3,(H2,14,16). The molecule has 0 bridgehead atoms. The summed E-state index contributed by atoms with van der Waals surface area (Å²) in [6, 6.07) is 5.05. The highest BCUT2D eigenvalue weighted by atomic mass is 16.1. The molecule has 4 N–H and O–H groups in total. The fourth-order valence-corrected chi connectivity index (χ4v) is 1.25. The molecule has 0 heterocycles. The molecule has 0 saturated heterocycles. The van der Waals surface area contributed by atoms with Gasteiger partial charge in [-0.2, -0.15) is 0 Å². The first-order chi connectivity index (χ1) is 7.50. The number of anilines is 1. The lowest BCUT2D eigenvalue weighted by Crippen LogP contribution is -2.07. The van der Waals surface area contributed by atoms with Crippen molar-refractivity contribution in [3.05, 3.63) is 35.4 Å². The van der Waals surface area contributed by atoms with E-state index in [9.17, 15) is 9.59 Å². The largest absolute Gasteiger partial charge is 0.398 e. The van der Waals surface area contributed by atoms with Gasteiger partial charge < -0.3 is 11.5 Å². The molecule has 0 unspecified atom stereocenters. The minimum absolute atomic E-state index is 0.0284. The van der Waals surface area contributed by atoms with Gasteiger partial charge in [0.2, 0.25) is 5.91 Å². The molecule has 0 spiro atoms. The number of carbonyl (C=O) groups excluding carboxylic acids is 2. The van der Waals surface area contributed by atoms with Gasteiger partial charge in [-0.15, -0.1) is 0 Å². The molecule has 0 atom stereocenters. The molecule has 16 heavy (non-hydrogen) atoms. The molecule has 1 amide bonds. The molecule has 1 aromatic carbocycles. The summed E-state index contributed by atoms with van der Waals surface area (Å²) >= 11 is 0. The van der Waals surface area contributed by atoms with Crippen LogP contribution in [0, 0.1) is 0 Å². The predicted molar refractivity (Wildman–Crippen MR) is 63.7 cm³/mol. The minimum atomic E-state index is -0.393. The monoisotopic (exact) mass is 218 g/mol. The summed E-state index contributed by atoms with van der Waals surface area (Å²) in [6.07, 6.45) is 3.53. The number of carbonyl (C=O) groups is 2. The van der Waals surface area contributed by atoms with Crippen LogP contribution in [-0.4, -0.2) is 11.7 Å². The van der Waals surface area contributed by atoms with Crippen LogP contribution in [0.4, 0.5) is 5.69 Å². The molecule has 0 aromatic heterocycles. The quantitative estimate of drug-likeness (QED) is 0.591. The van der Waals surface area contributed by atoms with Crippen molar-refractivity contribution in [1.29, 1.82) is 0 Å².